The van der Waals surface area contributed by atoms with Gasteiger partial charge in [-0.3, -0.25) is 0 Å². The van der Waals surface area contributed by atoms with Crippen LogP contribution in [0.3, 0.4) is 0 Å². The van der Waals surface area contributed by atoms with E-state index < -0.39 is 0 Å². The molecule has 1 aromatic carbocycles. The Labute approximate surface area is 146 Å². The predicted molar refractivity (Wildman–Crippen MR) is 97.5 cm³/mol. The van der Waals surface area contributed by atoms with Crippen LogP contribution in [0.5, 0.6) is 0 Å². The third-order valence-corrected chi connectivity index (χ3v) is 5.78. The molecule has 3 rings (SSSR count). The lowest BCUT2D eigenvalue weighted by Gasteiger charge is -1.97. The molecule has 2 heterocycles. The van der Waals surface area contributed by atoms with Crippen LogP contribution in [0.25, 0.3) is 10.2 Å². The first-order chi connectivity index (χ1) is 11.1. The monoisotopic (exact) mass is 365 g/mol. The average Bonchev–Trinajstić information content (AvgIpc) is 3.09. The van der Waals surface area contributed by atoms with E-state index in [1.807, 2.05) is 6.07 Å². The summed E-state index contributed by atoms with van der Waals surface area (Å²) in [5.74, 6) is -0.329. The Bertz CT molecular complexity index is 857. The zero-order chi connectivity index (χ0) is 16.4. The Kier molecular flexibility index (Phi) is 4.84. The van der Waals surface area contributed by atoms with Crippen LogP contribution in [0, 0.1) is 6.92 Å². The molecule has 0 fully saturated rings. The SMILES string of the molecule is CCOC(=O)c1sc(Nc2nc3ccc(SC)cc3s2)nc1C. The first-order valence-electron chi connectivity index (χ1n) is 6.97. The van der Waals surface area contributed by atoms with Crippen LogP contribution in [-0.4, -0.2) is 28.8 Å². The lowest BCUT2D eigenvalue weighted by Crippen LogP contribution is -2.03. The van der Waals surface area contributed by atoms with Crippen molar-refractivity contribution in [1.29, 1.82) is 0 Å². The molecule has 0 bridgehead atoms. The van der Waals surface area contributed by atoms with Crippen molar-refractivity contribution >= 4 is 60.9 Å². The molecular formula is C15H15N3O2S3. The number of aromatic nitrogens is 2. The number of hydrogen-bond donors (Lipinski definition) is 1. The van der Waals surface area contributed by atoms with Crippen molar-refractivity contribution in [2.24, 2.45) is 0 Å². The number of benzene rings is 1. The smallest absolute Gasteiger partial charge is 0.350 e. The van der Waals surface area contributed by atoms with Crippen molar-refractivity contribution in [3.63, 3.8) is 0 Å². The highest BCUT2D eigenvalue weighted by Crippen LogP contribution is 2.33. The lowest BCUT2D eigenvalue weighted by molar-refractivity contribution is 0.0531. The largest absolute Gasteiger partial charge is 0.462 e. The van der Waals surface area contributed by atoms with Gasteiger partial charge in [0, 0.05) is 4.90 Å². The van der Waals surface area contributed by atoms with E-state index in [1.165, 1.54) is 16.2 Å². The number of aryl methyl sites for hydroxylation is 1. The Morgan fingerprint density at radius 3 is 2.83 bits per heavy atom. The number of hydrogen-bond acceptors (Lipinski definition) is 8. The molecule has 0 aliphatic rings. The van der Waals surface area contributed by atoms with E-state index in [1.54, 1.807) is 36.9 Å². The van der Waals surface area contributed by atoms with Crippen LogP contribution in [0.2, 0.25) is 0 Å². The summed E-state index contributed by atoms with van der Waals surface area (Å²) >= 11 is 4.56. The van der Waals surface area contributed by atoms with Gasteiger partial charge in [-0.25, -0.2) is 14.8 Å². The van der Waals surface area contributed by atoms with Gasteiger partial charge in [0.1, 0.15) is 4.88 Å². The predicted octanol–water partition coefficient (Wildman–Crippen LogP) is 4.70. The molecule has 0 saturated carbocycles. The molecule has 0 amide bonds. The molecule has 0 radical (unpaired) electrons. The van der Waals surface area contributed by atoms with Crippen molar-refractivity contribution < 1.29 is 9.53 Å². The van der Waals surface area contributed by atoms with Gasteiger partial charge in [0.25, 0.3) is 0 Å². The van der Waals surface area contributed by atoms with Gasteiger partial charge in [-0.1, -0.05) is 22.7 Å². The minimum Gasteiger partial charge on any atom is -0.462 e. The maximum atomic E-state index is 11.8. The van der Waals surface area contributed by atoms with Crippen LogP contribution in [-0.2, 0) is 4.74 Å². The van der Waals surface area contributed by atoms with Crippen LogP contribution in [0.1, 0.15) is 22.3 Å². The molecule has 8 heteroatoms. The van der Waals surface area contributed by atoms with Gasteiger partial charge in [0.2, 0.25) is 0 Å². The molecule has 0 saturated heterocycles. The first-order valence-corrected chi connectivity index (χ1v) is 9.82. The highest BCUT2D eigenvalue weighted by Gasteiger charge is 2.17. The Balaban J connectivity index is 1.84. The van der Waals surface area contributed by atoms with E-state index in [0.717, 1.165) is 15.3 Å². The second-order valence-electron chi connectivity index (χ2n) is 4.63. The summed E-state index contributed by atoms with van der Waals surface area (Å²) in [6, 6.07) is 6.20. The summed E-state index contributed by atoms with van der Waals surface area (Å²) in [7, 11) is 0. The number of nitrogens with one attached hydrogen (secondary N) is 1. The molecule has 0 aliphatic carbocycles. The fourth-order valence-corrected chi connectivity index (χ4v) is 4.36. The molecule has 23 heavy (non-hydrogen) atoms. The number of esters is 1. The second-order valence-corrected chi connectivity index (χ2v) is 7.54. The molecule has 0 atom stereocenters. The van der Waals surface area contributed by atoms with Crippen LogP contribution < -0.4 is 5.32 Å². The highest BCUT2D eigenvalue weighted by atomic mass is 32.2. The number of anilines is 2. The van der Waals surface area contributed by atoms with Gasteiger partial charge >= 0.3 is 5.97 Å². The van der Waals surface area contributed by atoms with E-state index in [9.17, 15) is 4.79 Å². The summed E-state index contributed by atoms with van der Waals surface area (Å²) in [5, 5.41) is 4.60. The Morgan fingerprint density at radius 2 is 2.09 bits per heavy atom. The van der Waals surface area contributed by atoms with Gasteiger partial charge in [-0.2, -0.15) is 0 Å². The van der Waals surface area contributed by atoms with E-state index >= 15 is 0 Å². The number of thioether (sulfide) groups is 1. The molecule has 120 valence electrons. The molecular weight excluding hydrogens is 350 g/mol. The number of ether oxygens (including phenoxy) is 1. The summed E-state index contributed by atoms with van der Waals surface area (Å²) in [4.78, 5) is 22.5. The third-order valence-electron chi connectivity index (χ3n) is 3.07. The molecule has 2 aromatic heterocycles. The Morgan fingerprint density at radius 1 is 1.30 bits per heavy atom. The van der Waals surface area contributed by atoms with Gasteiger partial charge in [0.15, 0.2) is 10.3 Å². The third kappa shape index (κ3) is 3.49. The van der Waals surface area contributed by atoms with Crippen LogP contribution in [0.4, 0.5) is 10.3 Å². The summed E-state index contributed by atoms with van der Waals surface area (Å²) < 4.78 is 6.16. The maximum Gasteiger partial charge on any atom is 0.350 e. The topological polar surface area (TPSA) is 64.1 Å². The number of thiazole rings is 2. The van der Waals surface area contributed by atoms with Gasteiger partial charge in [-0.15, -0.1) is 11.8 Å². The highest BCUT2D eigenvalue weighted by molar-refractivity contribution is 7.98. The minimum atomic E-state index is -0.329. The zero-order valence-electron chi connectivity index (χ0n) is 12.9. The molecule has 0 spiro atoms. The fraction of sp³-hybridized carbons (Fsp3) is 0.267. The molecule has 5 nitrogen and oxygen atoms in total. The Hall–Kier alpha value is -1.64. The number of rotatable bonds is 5. The minimum absolute atomic E-state index is 0.329. The van der Waals surface area contributed by atoms with Crippen molar-refractivity contribution in [1.82, 2.24) is 9.97 Å². The van der Waals surface area contributed by atoms with Gasteiger partial charge < -0.3 is 10.1 Å². The zero-order valence-corrected chi connectivity index (χ0v) is 15.3. The molecule has 0 unspecified atom stereocenters. The van der Waals surface area contributed by atoms with Crippen molar-refractivity contribution in [3.8, 4) is 0 Å². The lowest BCUT2D eigenvalue weighted by atomic mass is 10.3. The molecule has 0 aliphatic heterocycles. The maximum absolute atomic E-state index is 11.8. The van der Waals surface area contributed by atoms with E-state index in [0.29, 0.717) is 22.3 Å². The van der Waals surface area contributed by atoms with E-state index in [4.69, 9.17) is 4.74 Å². The normalized spacial score (nSPS) is 10.9. The average molecular weight is 366 g/mol. The summed E-state index contributed by atoms with van der Waals surface area (Å²) in [5.41, 5.74) is 1.62. The van der Waals surface area contributed by atoms with Crippen molar-refractivity contribution in [2.75, 3.05) is 18.2 Å². The first kappa shape index (κ1) is 16.2. The van der Waals surface area contributed by atoms with Gasteiger partial charge in [0.05, 0.1) is 22.5 Å². The standard InChI is InChI=1S/C15H15N3O2S3/c1-4-20-13(19)12-8(2)16-14(23-12)18-15-17-10-6-5-9(21-3)7-11(10)22-15/h5-7H,4H2,1-3H3,(H,16,17,18). The van der Waals surface area contributed by atoms with Gasteiger partial charge in [-0.05, 0) is 38.3 Å². The van der Waals surface area contributed by atoms with Crippen molar-refractivity contribution in [2.45, 2.75) is 18.7 Å². The van der Waals surface area contributed by atoms with Crippen molar-refractivity contribution in [3.05, 3.63) is 28.8 Å². The fourth-order valence-electron chi connectivity index (χ4n) is 2.01. The number of nitrogens with zero attached hydrogens (tertiary/aromatic N) is 2. The number of carbonyl (C=O) groups is 1. The summed E-state index contributed by atoms with van der Waals surface area (Å²) in [6.45, 7) is 3.95. The van der Waals surface area contributed by atoms with E-state index in [2.05, 4.69) is 33.7 Å². The molecule has 1 N–H and O–H groups in total. The second kappa shape index (κ2) is 6.86. The molecule has 3 aromatic rings. The number of carbonyl (C=O) groups excluding carboxylic acids is 1. The quantitative estimate of drug-likeness (QED) is 0.522. The summed E-state index contributed by atoms with van der Waals surface area (Å²) in [6.07, 6.45) is 2.05. The van der Waals surface area contributed by atoms with Crippen LogP contribution in [0.15, 0.2) is 23.1 Å². The number of fused-ring (bicyclic) bond motifs is 1. The van der Waals surface area contributed by atoms with E-state index in [-0.39, 0.29) is 5.97 Å². The van der Waals surface area contributed by atoms with Crippen LogP contribution >= 0.6 is 34.4 Å².